The first-order valence-electron chi connectivity index (χ1n) is 9.02. The fourth-order valence-electron chi connectivity index (χ4n) is 3.60. The smallest absolute Gasteiger partial charge is 0.228 e. The second-order valence-corrected chi connectivity index (χ2v) is 6.83. The van der Waals surface area contributed by atoms with Gasteiger partial charge in [0.25, 0.3) is 0 Å². The lowest BCUT2D eigenvalue weighted by Crippen LogP contribution is -2.50. The first kappa shape index (κ1) is 19.0. The largest absolute Gasteiger partial charge is 0.493 e. The number of carbonyl (C=O) groups is 3. The quantitative estimate of drug-likeness (QED) is 0.671. The summed E-state index contributed by atoms with van der Waals surface area (Å²) in [7, 11) is 3.15. The van der Waals surface area contributed by atoms with E-state index in [4.69, 9.17) is 9.47 Å². The van der Waals surface area contributed by atoms with Crippen LogP contribution in [0.25, 0.3) is 0 Å². The molecule has 1 aromatic rings. The van der Waals surface area contributed by atoms with Gasteiger partial charge in [-0.1, -0.05) is 6.07 Å². The molecule has 1 aromatic carbocycles. The molecule has 0 spiro atoms. The maximum atomic E-state index is 12.7. The van der Waals surface area contributed by atoms with Crippen molar-refractivity contribution >= 4 is 18.2 Å². The molecule has 0 radical (unpaired) electrons. The van der Waals surface area contributed by atoms with Gasteiger partial charge in [0.05, 0.1) is 20.1 Å². The van der Waals surface area contributed by atoms with E-state index in [1.165, 1.54) is 0 Å². The van der Waals surface area contributed by atoms with Crippen LogP contribution in [0, 0.1) is 5.92 Å². The average molecular weight is 375 g/mol. The topological polar surface area (TPSA) is 79.4 Å². The second kappa shape index (κ2) is 8.28. The van der Waals surface area contributed by atoms with E-state index in [0.717, 1.165) is 12.0 Å². The minimum Gasteiger partial charge on any atom is -0.493 e. The summed E-state index contributed by atoms with van der Waals surface area (Å²) >= 11 is 0. The highest BCUT2D eigenvalue weighted by Gasteiger charge is 2.37. The van der Waals surface area contributed by atoms with E-state index < -0.39 is 0 Å². The van der Waals surface area contributed by atoms with Crippen molar-refractivity contribution in [2.24, 2.45) is 5.92 Å². The van der Waals surface area contributed by atoms with Crippen molar-refractivity contribution in [3.05, 3.63) is 23.8 Å². The van der Waals surface area contributed by atoms with Crippen molar-refractivity contribution in [2.45, 2.75) is 13.0 Å². The lowest BCUT2D eigenvalue weighted by Gasteiger charge is -2.33. The normalized spacial score (nSPS) is 20.0. The Morgan fingerprint density at radius 2 is 1.85 bits per heavy atom. The Kier molecular flexibility index (Phi) is 5.83. The molecule has 8 heteroatoms. The molecule has 8 nitrogen and oxygen atoms in total. The lowest BCUT2D eigenvalue weighted by molar-refractivity contribution is -0.139. The summed E-state index contributed by atoms with van der Waals surface area (Å²) in [6.07, 6.45) is 1.05. The SMILES string of the molecule is COc1ccc(CN2CC(C(=O)N3CCN(C=O)CC3)CC2=O)cc1OC. The van der Waals surface area contributed by atoms with Crippen LogP contribution in [0.2, 0.25) is 0 Å². The van der Waals surface area contributed by atoms with E-state index in [2.05, 4.69) is 0 Å². The molecule has 146 valence electrons. The van der Waals surface area contributed by atoms with Gasteiger partial charge in [-0.2, -0.15) is 0 Å². The van der Waals surface area contributed by atoms with Gasteiger partial charge in [-0.15, -0.1) is 0 Å². The van der Waals surface area contributed by atoms with E-state index in [9.17, 15) is 14.4 Å². The van der Waals surface area contributed by atoms with Crippen LogP contribution in [0.1, 0.15) is 12.0 Å². The second-order valence-electron chi connectivity index (χ2n) is 6.83. The molecule has 2 heterocycles. The average Bonchev–Trinajstić information content (AvgIpc) is 3.07. The minimum atomic E-state index is -0.319. The fourth-order valence-corrected chi connectivity index (χ4v) is 3.60. The Balaban J connectivity index is 1.60. The highest BCUT2D eigenvalue weighted by molar-refractivity contribution is 5.89. The monoisotopic (exact) mass is 375 g/mol. The van der Waals surface area contributed by atoms with Crippen molar-refractivity contribution in [2.75, 3.05) is 46.9 Å². The van der Waals surface area contributed by atoms with Crippen LogP contribution < -0.4 is 9.47 Å². The summed E-state index contributed by atoms with van der Waals surface area (Å²) in [5, 5.41) is 0. The van der Waals surface area contributed by atoms with E-state index in [1.54, 1.807) is 28.9 Å². The third kappa shape index (κ3) is 4.15. The van der Waals surface area contributed by atoms with E-state index in [1.807, 2.05) is 18.2 Å². The van der Waals surface area contributed by atoms with Gasteiger partial charge in [-0.05, 0) is 17.7 Å². The molecule has 27 heavy (non-hydrogen) atoms. The molecule has 0 bridgehead atoms. The number of methoxy groups -OCH3 is 2. The van der Waals surface area contributed by atoms with Crippen LogP contribution in [-0.2, 0) is 20.9 Å². The summed E-state index contributed by atoms with van der Waals surface area (Å²) in [5.74, 6) is 0.914. The van der Waals surface area contributed by atoms with Gasteiger partial charge in [-0.3, -0.25) is 14.4 Å². The molecule has 0 aromatic heterocycles. The Hall–Kier alpha value is -2.77. The highest BCUT2D eigenvalue weighted by Crippen LogP contribution is 2.29. The van der Waals surface area contributed by atoms with Crippen molar-refractivity contribution < 1.29 is 23.9 Å². The summed E-state index contributed by atoms with van der Waals surface area (Å²) < 4.78 is 10.5. The zero-order valence-corrected chi connectivity index (χ0v) is 15.7. The maximum Gasteiger partial charge on any atom is 0.228 e. The van der Waals surface area contributed by atoms with E-state index >= 15 is 0 Å². The molecule has 2 aliphatic rings. The highest BCUT2D eigenvalue weighted by atomic mass is 16.5. The molecule has 1 unspecified atom stereocenters. The molecular formula is C19H25N3O5. The minimum absolute atomic E-state index is 0.00344. The number of likely N-dealkylation sites (tertiary alicyclic amines) is 1. The zero-order chi connectivity index (χ0) is 19.4. The van der Waals surface area contributed by atoms with Crippen molar-refractivity contribution in [1.29, 1.82) is 0 Å². The zero-order valence-electron chi connectivity index (χ0n) is 15.7. The summed E-state index contributed by atoms with van der Waals surface area (Å²) in [6, 6.07) is 5.55. The Labute approximate surface area is 158 Å². The van der Waals surface area contributed by atoms with Crippen LogP contribution in [0.3, 0.4) is 0 Å². The number of benzene rings is 1. The van der Waals surface area contributed by atoms with Gasteiger partial charge < -0.3 is 24.2 Å². The van der Waals surface area contributed by atoms with Crippen molar-refractivity contribution in [1.82, 2.24) is 14.7 Å². The van der Waals surface area contributed by atoms with Gasteiger partial charge in [0.1, 0.15) is 0 Å². The molecule has 3 rings (SSSR count). The number of amides is 3. The lowest BCUT2D eigenvalue weighted by atomic mass is 10.1. The molecule has 0 saturated carbocycles. The fraction of sp³-hybridized carbons (Fsp3) is 0.526. The molecule has 2 saturated heterocycles. The number of hydrogen-bond acceptors (Lipinski definition) is 5. The molecule has 3 amide bonds. The van der Waals surface area contributed by atoms with Crippen LogP contribution in [0.15, 0.2) is 18.2 Å². The van der Waals surface area contributed by atoms with Crippen LogP contribution in [0.4, 0.5) is 0 Å². The predicted octanol–water partition coefficient (Wildman–Crippen LogP) is 0.353. The van der Waals surface area contributed by atoms with Gasteiger partial charge in [0.2, 0.25) is 18.2 Å². The standard InChI is InChI=1S/C19H25N3O5/c1-26-16-4-3-14(9-17(16)27-2)11-22-12-15(10-18(22)24)19(25)21-7-5-20(13-23)6-8-21/h3-4,9,13,15H,5-8,10-12H2,1-2H3. The maximum absolute atomic E-state index is 12.7. The number of hydrogen-bond donors (Lipinski definition) is 0. The molecule has 2 fully saturated rings. The van der Waals surface area contributed by atoms with Crippen LogP contribution in [0.5, 0.6) is 11.5 Å². The Morgan fingerprint density at radius 3 is 2.48 bits per heavy atom. The molecular weight excluding hydrogens is 350 g/mol. The third-order valence-electron chi connectivity index (χ3n) is 5.16. The van der Waals surface area contributed by atoms with Crippen molar-refractivity contribution in [3.63, 3.8) is 0 Å². The number of carbonyl (C=O) groups excluding carboxylic acids is 3. The first-order chi connectivity index (χ1) is 13.0. The summed E-state index contributed by atoms with van der Waals surface area (Å²) in [4.78, 5) is 41.1. The molecule has 1 atom stereocenters. The van der Waals surface area contributed by atoms with Gasteiger partial charge >= 0.3 is 0 Å². The number of ether oxygens (including phenoxy) is 2. The summed E-state index contributed by atoms with van der Waals surface area (Å²) in [5.41, 5.74) is 0.925. The number of nitrogens with zero attached hydrogens (tertiary/aromatic N) is 3. The van der Waals surface area contributed by atoms with Gasteiger partial charge in [-0.25, -0.2) is 0 Å². The number of piperazine rings is 1. The molecule has 2 aliphatic heterocycles. The molecule has 0 N–H and O–H groups in total. The van der Waals surface area contributed by atoms with Crippen molar-refractivity contribution in [3.8, 4) is 11.5 Å². The van der Waals surface area contributed by atoms with E-state index in [-0.39, 0.29) is 24.2 Å². The van der Waals surface area contributed by atoms with Gasteiger partial charge in [0.15, 0.2) is 11.5 Å². The van der Waals surface area contributed by atoms with Crippen LogP contribution >= 0.6 is 0 Å². The van der Waals surface area contributed by atoms with Gasteiger partial charge in [0, 0.05) is 45.7 Å². The Bertz CT molecular complexity index is 715. The van der Waals surface area contributed by atoms with Crippen LogP contribution in [-0.4, -0.2) is 79.9 Å². The third-order valence-corrected chi connectivity index (χ3v) is 5.16. The molecule has 0 aliphatic carbocycles. The predicted molar refractivity (Wildman–Crippen MR) is 97.3 cm³/mol. The number of rotatable bonds is 6. The first-order valence-corrected chi connectivity index (χ1v) is 9.02. The van der Waals surface area contributed by atoms with E-state index in [0.29, 0.717) is 50.8 Å². The Morgan fingerprint density at radius 1 is 1.15 bits per heavy atom. The summed E-state index contributed by atoms with van der Waals surface area (Å²) in [6.45, 7) is 2.99.